The minimum atomic E-state index is -0.549. The molecule has 7 heteroatoms. The van der Waals surface area contributed by atoms with E-state index in [0.717, 1.165) is 0 Å². The molecule has 92 valence electrons. The topological polar surface area (TPSA) is 97.4 Å². The van der Waals surface area contributed by atoms with Crippen molar-refractivity contribution in [3.63, 3.8) is 0 Å². The summed E-state index contributed by atoms with van der Waals surface area (Å²) in [6, 6.07) is 0. The van der Waals surface area contributed by atoms with E-state index in [2.05, 4.69) is 5.16 Å². The van der Waals surface area contributed by atoms with Gasteiger partial charge in [-0.3, -0.25) is 4.79 Å². The minimum absolute atomic E-state index is 0.0254. The fraction of sp³-hybridized carbons (Fsp3) is 0.778. The van der Waals surface area contributed by atoms with Crippen LogP contribution in [0.3, 0.4) is 0 Å². The number of oxime groups is 1. The summed E-state index contributed by atoms with van der Waals surface area (Å²) >= 11 is 0. The van der Waals surface area contributed by atoms with Gasteiger partial charge in [-0.25, -0.2) is 0 Å². The fourth-order valence-corrected chi connectivity index (χ4v) is 1.45. The Morgan fingerprint density at radius 3 is 3.00 bits per heavy atom. The van der Waals surface area contributed by atoms with Crippen LogP contribution in [0.25, 0.3) is 0 Å². The molecule has 1 amide bonds. The van der Waals surface area contributed by atoms with Crippen molar-refractivity contribution >= 4 is 11.7 Å². The standard InChI is InChI=1S/C9H17N3O4/c1-6(15-2)9(13)12-3-4-16-7(5-12)8(10)11-14/h6-7,14H,3-5H2,1-2H3,(H2,10,11). The summed E-state index contributed by atoms with van der Waals surface area (Å²) in [5.41, 5.74) is 5.42. The van der Waals surface area contributed by atoms with Crippen LogP contribution in [0.4, 0.5) is 0 Å². The number of nitrogens with two attached hydrogens (primary N) is 1. The highest BCUT2D eigenvalue weighted by Crippen LogP contribution is 2.08. The number of rotatable bonds is 3. The van der Waals surface area contributed by atoms with Crippen molar-refractivity contribution in [1.29, 1.82) is 0 Å². The first-order valence-corrected chi connectivity index (χ1v) is 5.00. The monoisotopic (exact) mass is 231 g/mol. The molecule has 7 nitrogen and oxygen atoms in total. The second-order valence-corrected chi connectivity index (χ2v) is 3.55. The smallest absolute Gasteiger partial charge is 0.251 e. The molecule has 1 fully saturated rings. The number of methoxy groups -OCH3 is 1. The summed E-state index contributed by atoms with van der Waals surface area (Å²) in [7, 11) is 1.48. The Morgan fingerprint density at radius 1 is 1.75 bits per heavy atom. The van der Waals surface area contributed by atoms with Crippen LogP contribution in [-0.2, 0) is 14.3 Å². The van der Waals surface area contributed by atoms with Crippen LogP contribution in [0.1, 0.15) is 6.92 Å². The summed E-state index contributed by atoms with van der Waals surface area (Å²) in [6.07, 6.45) is -1.04. The molecule has 1 heterocycles. The lowest BCUT2D eigenvalue weighted by molar-refractivity contribution is -0.146. The summed E-state index contributed by atoms with van der Waals surface area (Å²) in [5, 5.41) is 11.4. The largest absolute Gasteiger partial charge is 0.409 e. The van der Waals surface area contributed by atoms with Crippen molar-refractivity contribution in [2.45, 2.75) is 19.1 Å². The number of nitrogens with zero attached hydrogens (tertiary/aromatic N) is 2. The number of morpholine rings is 1. The van der Waals surface area contributed by atoms with Crippen LogP contribution < -0.4 is 5.73 Å². The SMILES string of the molecule is COC(C)C(=O)N1CCOC(C(N)=NO)C1. The average Bonchev–Trinajstić information content (AvgIpc) is 2.36. The van der Waals surface area contributed by atoms with E-state index in [9.17, 15) is 4.79 Å². The van der Waals surface area contributed by atoms with E-state index in [1.807, 2.05) is 0 Å². The lowest BCUT2D eigenvalue weighted by atomic mass is 10.2. The van der Waals surface area contributed by atoms with Crippen LogP contribution >= 0.6 is 0 Å². The molecule has 2 unspecified atom stereocenters. The number of ether oxygens (including phenoxy) is 2. The molecule has 0 aromatic carbocycles. The fourth-order valence-electron chi connectivity index (χ4n) is 1.45. The van der Waals surface area contributed by atoms with E-state index in [1.54, 1.807) is 11.8 Å². The summed E-state index contributed by atoms with van der Waals surface area (Å²) < 4.78 is 10.2. The highest BCUT2D eigenvalue weighted by atomic mass is 16.5. The molecule has 0 aliphatic carbocycles. The number of amidine groups is 1. The van der Waals surface area contributed by atoms with Gasteiger partial charge in [0.25, 0.3) is 5.91 Å². The van der Waals surface area contributed by atoms with Gasteiger partial charge in [-0.15, -0.1) is 0 Å². The first-order chi connectivity index (χ1) is 7.60. The van der Waals surface area contributed by atoms with Gasteiger partial charge in [0.2, 0.25) is 0 Å². The van der Waals surface area contributed by atoms with Crippen molar-refractivity contribution in [2.75, 3.05) is 26.8 Å². The summed E-state index contributed by atoms with van der Waals surface area (Å²) in [4.78, 5) is 13.4. The summed E-state index contributed by atoms with van der Waals surface area (Å²) in [5.74, 6) is -0.149. The third-order valence-corrected chi connectivity index (χ3v) is 2.52. The van der Waals surface area contributed by atoms with Gasteiger partial charge < -0.3 is 25.3 Å². The zero-order valence-corrected chi connectivity index (χ0v) is 9.42. The molecule has 1 saturated heterocycles. The van der Waals surface area contributed by atoms with Crippen LogP contribution in [0, 0.1) is 0 Å². The normalized spacial score (nSPS) is 24.2. The molecule has 1 aliphatic rings. The van der Waals surface area contributed by atoms with Crippen molar-refractivity contribution in [3.05, 3.63) is 0 Å². The quantitative estimate of drug-likeness (QED) is 0.281. The third kappa shape index (κ3) is 2.83. The lowest BCUT2D eigenvalue weighted by Gasteiger charge is -2.33. The molecule has 0 radical (unpaired) electrons. The van der Waals surface area contributed by atoms with Crippen LogP contribution in [0.15, 0.2) is 5.16 Å². The van der Waals surface area contributed by atoms with Gasteiger partial charge >= 0.3 is 0 Å². The first-order valence-electron chi connectivity index (χ1n) is 5.00. The maximum absolute atomic E-state index is 11.8. The molecule has 16 heavy (non-hydrogen) atoms. The van der Waals surface area contributed by atoms with Gasteiger partial charge in [0.1, 0.15) is 12.2 Å². The molecular weight excluding hydrogens is 214 g/mol. The summed E-state index contributed by atoms with van der Waals surface area (Å²) in [6.45, 7) is 2.81. The van der Waals surface area contributed by atoms with Gasteiger partial charge in [-0.1, -0.05) is 5.16 Å². The Kier molecular flexibility index (Phi) is 4.51. The van der Waals surface area contributed by atoms with E-state index in [-0.39, 0.29) is 18.3 Å². The number of hydrogen-bond donors (Lipinski definition) is 2. The predicted octanol–water partition coefficient (Wildman–Crippen LogP) is -1.00. The number of carbonyl (C=O) groups excluding carboxylic acids is 1. The molecule has 0 saturated carbocycles. The van der Waals surface area contributed by atoms with Crippen molar-refractivity contribution in [1.82, 2.24) is 4.90 Å². The van der Waals surface area contributed by atoms with Gasteiger partial charge in [-0.2, -0.15) is 0 Å². The van der Waals surface area contributed by atoms with Gasteiger partial charge in [0.15, 0.2) is 5.84 Å². The van der Waals surface area contributed by atoms with E-state index < -0.39 is 12.2 Å². The molecule has 3 N–H and O–H groups in total. The predicted molar refractivity (Wildman–Crippen MR) is 56.2 cm³/mol. The number of amides is 1. The highest BCUT2D eigenvalue weighted by Gasteiger charge is 2.29. The first kappa shape index (κ1) is 12.7. The maximum Gasteiger partial charge on any atom is 0.251 e. The zero-order chi connectivity index (χ0) is 12.1. The molecule has 0 aromatic heterocycles. The molecule has 0 spiro atoms. The Labute approximate surface area is 93.8 Å². The van der Waals surface area contributed by atoms with Crippen LogP contribution in [-0.4, -0.2) is 60.9 Å². The van der Waals surface area contributed by atoms with Gasteiger partial charge in [-0.05, 0) is 6.92 Å². The van der Waals surface area contributed by atoms with E-state index >= 15 is 0 Å². The number of carbonyl (C=O) groups is 1. The number of hydrogen-bond acceptors (Lipinski definition) is 5. The van der Waals surface area contributed by atoms with E-state index in [4.69, 9.17) is 20.4 Å². The van der Waals surface area contributed by atoms with Gasteiger partial charge in [0, 0.05) is 13.7 Å². The Hall–Kier alpha value is -1.34. The highest BCUT2D eigenvalue weighted by molar-refractivity contribution is 5.86. The molecule has 2 atom stereocenters. The maximum atomic E-state index is 11.8. The molecule has 1 rings (SSSR count). The second-order valence-electron chi connectivity index (χ2n) is 3.55. The van der Waals surface area contributed by atoms with Crippen molar-refractivity contribution in [2.24, 2.45) is 10.9 Å². The second kappa shape index (κ2) is 5.66. The molecule has 0 aromatic rings. The Balaban J connectivity index is 2.60. The van der Waals surface area contributed by atoms with Crippen LogP contribution in [0.2, 0.25) is 0 Å². The van der Waals surface area contributed by atoms with Crippen molar-refractivity contribution < 1.29 is 19.5 Å². The van der Waals surface area contributed by atoms with Gasteiger partial charge in [0.05, 0.1) is 13.2 Å². The molecule has 1 aliphatic heterocycles. The molecule has 0 bridgehead atoms. The minimum Gasteiger partial charge on any atom is -0.409 e. The Bertz CT molecular complexity index is 282. The Morgan fingerprint density at radius 2 is 2.44 bits per heavy atom. The average molecular weight is 231 g/mol. The van der Waals surface area contributed by atoms with Crippen LogP contribution in [0.5, 0.6) is 0 Å². The van der Waals surface area contributed by atoms with Crippen molar-refractivity contribution in [3.8, 4) is 0 Å². The molecular formula is C9H17N3O4. The lowest BCUT2D eigenvalue weighted by Crippen LogP contribution is -2.52. The van der Waals surface area contributed by atoms with E-state index in [0.29, 0.717) is 13.2 Å². The third-order valence-electron chi connectivity index (χ3n) is 2.52. The van der Waals surface area contributed by atoms with E-state index in [1.165, 1.54) is 7.11 Å². The zero-order valence-electron chi connectivity index (χ0n) is 9.42.